The van der Waals surface area contributed by atoms with Gasteiger partial charge < -0.3 is 5.32 Å². The molecule has 0 saturated heterocycles. The molecule has 0 aliphatic rings. The molecule has 1 N–H and O–H groups in total. The van der Waals surface area contributed by atoms with E-state index in [9.17, 15) is 0 Å². The molecule has 1 heteroatoms. The third-order valence-corrected chi connectivity index (χ3v) is 2.83. The molecule has 0 amide bonds. The molecule has 0 fully saturated rings. The van der Waals surface area contributed by atoms with Crippen molar-refractivity contribution in [2.24, 2.45) is 11.8 Å². The Morgan fingerprint density at radius 1 is 1.08 bits per heavy atom. The molecule has 0 aliphatic carbocycles. The molecular formula is C11H25N. The van der Waals surface area contributed by atoms with Crippen molar-refractivity contribution in [2.75, 3.05) is 13.6 Å². The number of hydrogen-bond donors (Lipinski definition) is 1. The molecule has 74 valence electrons. The Labute approximate surface area is 77.9 Å². The normalized spacial score (nSPS) is 16.0. The van der Waals surface area contributed by atoms with E-state index in [0.29, 0.717) is 0 Å². The lowest BCUT2D eigenvalue weighted by molar-refractivity contribution is 0.385. The minimum absolute atomic E-state index is 0.893. The molecule has 2 atom stereocenters. The van der Waals surface area contributed by atoms with Gasteiger partial charge in [-0.25, -0.2) is 0 Å². The van der Waals surface area contributed by atoms with Gasteiger partial charge in [0.15, 0.2) is 0 Å². The summed E-state index contributed by atoms with van der Waals surface area (Å²) in [5.41, 5.74) is 0. The van der Waals surface area contributed by atoms with E-state index in [4.69, 9.17) is 0 Å². The first kappa shape index (κ1) is 12.0. The van der Waals surface area contributed by atoms with Gasteiger partial charge in [0.1, 0.15) is 0 Å². The largest absolute Gasteiger partial charge is 0.319 e. The van der Waals surface area contributed by atoms with Crippen molar-refractivity contribution >= 4 is 0 Å². The third-order valence-electron chi connectivity index (χ3n) is 2.83. The van der Waals surface area contributed by atoms with E-state index in [0.717, 1.165) is 11.8 Å². The summed E-state index contributed by atoms with van der Waals surface area (Å²) in [7, 11) is 2.05. The van der Waals surface area contributed by atoms with Gasteiger partial charge in [-0.05, 0) is 31.8 Å². The molecule has 0 rings (SSSR count). The summed E-state index contributed by atoms with van der Waals surface area (Å²) in [5.74, 6) is 1.81. The van der Waals surface area contributed by atoms with Gasteiger partial charge in [0.25, 0.3) is 0 Å². The topological polar surface area (TPSA) is 12.0 Å². The smallest absolute Gasteiger partial charge is 0.00236 e. The molecule has 0 radical (unpaired) electrons. The van der Waals surface area contributed by atoms with Crippen LogP contribution in [0.2, 0.25) is 0 Å². The molecule has 0 aromatic rings. The molecule has 0 aromatic carbocycles. The van der Waals surface area contributed by atoms with Gasteiger partial charge in [0.2, 0.25) is 0 Å². The highest BCUT2D eigenvalue weighted by Crippen LogP contribution is 2.16. The van der Waals surface area contributed by atoms with Crippen molar-refractivity contribution in [3.05, 3.63) is 0 Å². The third kappa shape index (κ3) is 5.59. The molecule has 12 heavy (non-hydrogen) atoms. The fraction of sp³-hybridized carbons (Fsp3) is 1.00. The van der Waals surface area contributed by atoms with Crippen LogP contribution in [-0.4, -0.2) is 13.6 Å². The predicted octanol–water partition coefficient (Wildman–Crippen LogP) is 3.06. The lowest BCUT2D eigenvalue weighted by Crippen LogP contribution is -2.18. The molecule has 0 spiro atoms. The Morgan fingerprint density at radius 2 is 1.75 bits per heavy atom. The van der Waals surface area contributed by atoms with Crippen LogP contribution in [0.25, 0.3) is 0 Å². The van der Waals surface area contributed by atoms with Gasteiger partial charge in [-0.1, -0.05) is 40.0 Å². The summed E-state index contributed by atoms with van der Waals surface area (Å²) in [6.07, 6.45) is 5.44. The van der Waals surface area contributed by atoms with Crippen molar-refractivity contribution in [3.63, 3.8) is 0 Å². The van der Waals surface area contributed by atoms with E-state index in [-0.39, 0.29) is 0 Å². The predicted molar refractivity (Wildman–Crippen MR) is 56.4 cm³/mol. The van der Waals surface area contributed by atoms with Gasteiger partial charge in [0, 0.05) is 0 Å². The van der Waals surface area contributed by atoms with Crippen LogP contribution in [0.4, 0.5) is 0 Å². The molecule has 1 nitrogen and oxygen atoms in total. The Kier molecular flexibility index (Phi) is 7.58. The van der Waals surface area contributed by atoms with Crippen LogP contribution in [0, 0.1) is 11.8 Å². The van der Waals surface area contributed by atoms with E-state index in [1.54, 1.807) is 0 Å². The second-order valence-electron chi connectivity index (χ2n) is 3.92. The van der Waals surface area contributed by atoms with Gasteiger partial charge >= 0.3 is 0 Å². The Balaban J connectivity index is 3.43. The van der Waals surface area contributed by atoms with E-state index >= 15 is 0 Å². The maximum Gasteiger partial charge on any atom is -0.00236 e. The van der Waals surface area contributed by atoms with E-state index in [1.807, 2.05) is 7.05 Å². The van der Waals surface area contributed by atoms with E-state index < -0.39 is 0 Å². The molecule has 0 saturated carbocycles. The number of rotatable bonds is 7. The summed E-state index contributed by atoms with van der Waals surface area (Å²) < 4.78 is 0. The monoisotopic (exact) mass is 171 g/mol. The molecule has 0 bridgehead atoms. The Hall–Kier alpha value is -0.0400. The first-order valence-corrected chi connectivity index (χ1v) is 5.39. The Morgan fingerprint density at radius 3 is 2.17 bits per heavy atom. The lowest BCUT2D eigenvalue weighted by Gasteiger charge is -2.16. The van der Waals surface area contributed by atoms with Gasteiger partial charge in [-0.3, -0.25) is 0 Å². The highest BCUT2D eigenvalue weighted by atomic mass is 14.8. The van der Waals surface area contributed by atoms with Crippen molar-refractivity contribution in [1.29, 1.82) is 0 Å². The van der Waals surface area contributed by atoms with Crippen LogP contribution in [0.15, 0.2) is 0 Å². The van der Waals surface area contributed by atoms with Crippen LogP contribution in [-0.2, 0) is 0 Å². The lowest BCUT2D eigenvalue weighted by atomic mass is 9.94. The molecule has 0 aromatic heterocycles. The zero-order valence-electron chi connectivity index (χ0n) is 9.19. The molecule has 0 aliphatic heterocycles. The van der Waals surface area contributed by atoms with Crippen molar-refractivity contribution in [3.8, 4) is 0 Å². The fourth-order valence-electron chi connectivity index (χ4n) is 1.46. The molecule has 2 unspecified atom stereocenters. The fourth-order valence-corrected chi connectivity index (χ4v) is 1.46. The Bertz CT molecular complexity index is 91.0. The first-order chi connectivity index (χ1) is 5.74. The van der Waals surface area contributed by atoms with Gasteiger partial charge in [-0.15, -0.1) is 0 Å². The van der Waals surface area contributed by atoms with Crippen LogP contribution in [0.1, 0.15) is 46.5 Å². The van der Waals surface area contributed by atoms with Crippen molar-refractivity contribution < 1.29 is 0 Å². The van der Waals surface area contributed by atoms with Gasteiger partial charge in [-0.2, -0.15) is 0 Å². The summed E-state index contributed by atoms with van der Waals surface area (Å²) in [5, 5.41) is 3.26. The van der Waals surface area contributed by atoms with E-state index in [2.05, 4.69) is 26.1 Å². The van der Waals surface area contributed by atoms with Gasteiger partial charge in [0.05, 0.1) is 0 Å². The molecule has 0 heterocycles. The quantitative estimate of drug-likeness (QED) is 0.621. The van der Waals surface area contributed by atoms with Crippen molar-refractivity contribution in [1.82, 2.24) is 5.32 Å². The minimum Gasteiger partial charge on any atom is -0.319 e. The zero-order valence-corrected chi connectivity index (χ0v) is 9.19. The second-order valence-corrected chi connectivity index (χ2v) is 3.92. The SMILES string of the molecule is CCC(C)CCC(CC)CNC. The van der Waals surface area contributed by atoms with Crippen LogP contribution in [0.3, 0.4) is 0 Å². The van der Waals surface area contributed by atoms with E-state index in [1.165, 1.54) is 32.2 Å². The average Bonchev–Trinajstić information content (AvgIpc) is 2.11. The van der Waals surface area contributed by atoms with Crippen LogP contribution in [0.5, 0.6) is 0 Å². The summed E-state index contributed by atoms with van der Waals surface area (Å²) >= 11 is 0. The summed E-state index contributed by atoms with van der Waals surface area (Å²) in [4.78, 5) is 0. The molecular weight excluding hydrogens is 146 g/mol. The maximum atomic E-state index is 3.26. The number of hydrogen-bond acceptors (Lipinski definition) is 1. The average molecular weight is 171 g/mol. The highest BCUT2D eigenvalue weighted by molar-refractivity contribution is 4.61. The van der Waals surface area contributed by atoms with Crippen LogP contribution < -0.4 is 5.32 Å². The highest BCUT2D eigenvalue weighted by Gasteiger charge is 2.06. The maximum absolute atomic E-state index is 3.26. The second kappa shape index (κ2) is 7.60. The zero-order chi connectivity index (χ0) is 9.40. The minimum atomic E-state index is 0.893. The summed E-state index contributed by atoms with van der Waals surface area (Å²) in [6.45, 7) is 8.11. The summed E-state index contributed by atoms with van der Waals surface area (Å²) in [6, 6.07) is 0. The van der Waals surface area contributed by atoms with Crippen LogP contribution >= 0.6 is 0 Å². The first-order valence-electron chi connectivity index (χ1n) is 5.39. The standard InChI is InChI=1S/C11H25N/c1-5-10(3)7-8-11(6-2)9-12-4/h10-12H,5-9H2,1-4H3. The number of nitrogens with one attached hydrogen (secondary N) is 1. The van der Waals surface area contributed by atoms with Crippen molar-refractivity contribution in [2.45, 2.75) is 46.5 Å².